The van der Waals surface area contributed by atoms with Gasteiger partial charge in [-0.3, -0.25) is 4.79 Å². The zero-order valence-electron chi connectivity index (χ0n) is 16.6. The van der Waals surface area contributed by atoms with E-state index in [1.807, 2.05) is 0 Å². The van der Waals surface area contributed by atoms with E-state index in [4.69, 9.17) is 21.5 Å². The van der Waals surface area contributed by atoms with Gasteiger partial charge in [0.05, 0.1) is 11.3 Å². The van der Waals surface area contributed by atoms with Crippen molar-refractivity contribution in [3.63, 3.8) is 0 Å². The molecule has 0 saturated carbocycles. The van der Waals surface area contributed by atoms with Crippen LogP contribution < -0.4 is 15.2 Å². The summed E-state index contributed by atoms with van der Waals surface area (Å²) in [6.45, 7) is 1.49. The fraction of sp³-hybridized carbons (Fsp3) is 0.136. The van der Waals surface area contributed by atoms with Gasteiger partial charge in [0.1, 0.15) is 18.2 Å². The van der Waals surface area contributed by atoms with E-state index in [9.17, 15) is 17.6 Å². The van der Waals surface area contributed by atoms with E-state index < -0.39 is 10.0 Å². The lowest BCUT2D eigenvalue weighted by atomic mass is 10.1. The lowest BCUT2D eigenvalue weighted by Crippen LogP contribution is -2.18. The van der Waals surface area contributed by atoms with Gasteiger partial charge in [-0.05, 0) is 54.4 Å². The second-order valence-electron chi connectivity index (χ2n) is 6.88. The van der Waals surface area contributed by atoms with E-state index in [0.29, 0.717) is 27.5 Å². The Kier molecular flexibility index (Phi) is 6.94. The highest BCUT2D eigenvalue weighted by atomic mass is 35.5. The van der Waals surface area contributed by atoms with Gasteiger partial charge in [0.25, 0.3) is 0 Å². The molecule has 1 amide bonds. The van der Waals surface area contributed by atoms with Crippen molar-refractivity contribution < 1.29 is 22.3 Å². The van der Waals surface area contributed by atoms with Crippen LogP contribution in [0.3, 0.4) is 0 Å². The number of carbonyl (C=O) groups is 1. The molecule has 0 aliphatic rings. The summed E-state index contributed by atoms with van der Waals surface area (Å²) in [6.07, 6.45) is 0.0269. The van der Waals surface area contributed by atoms with E-state index in [2.05, 4.69) is 5.32 Å². The molecule has 3 N–H and O–H groups in total. The zero-order valence-corrected chi connectivity index (χ0v) is 18.1. The average molecular weight is 463 g/mol. The van der Waals surface area contributed by atoms with Crippen LogP contribution in [0.4, 0.5) is 10.1 Å². The van der Waals surface area contributed by atoms with Crippen molar-refractivity contribution in [2.45, 2.75) is 24.8 Å². The number of sulfonamides is 1. The Balaban J connectivity index is 1.77. The molecule has 0 aliphatic heterocycles. The lowest BCUT2D eigenvalue weighted by molar-refractivity contribution is -0.115. The largest absolute Gasteiger partial charge is 0.489 e. The minimum absolute atomic E-state index is 0.0269. The van der Waals surface area contributed by atoms with Crippen LogP contribution in [-0.2, 0) is 27.8 Å². The molecule has 0 aromatic heterocycles. The van der Waals surface area contributed by atoms with Gasteiger partial charge in [-0.15, -0.1) is 0 Å². The smallest absolute Gasteiger partial charge is 0.238 e. The molecule has 162 valence electrons. The predicted molar refractivity (Wildman–Crippen MR) is 117 cm³/mol. The Labute approximate surface area is 184 Å². The second kappa shape index (κ2) is 9.47. The van der Waals surface area contributed by atoms with Crippen LogP contribution in [0.15, 0.2) is 65.6 Å². The van der Waals surface area contributed by atoms with Crippen LogP contribution in [0.1, 0.15) is 16.7 Å². The molecule has 0 heterocycles. The summed E-state index contributed by atoms with van der Waals surface area (Å²) in [5.74, 6) is -0.342. The minimum atomic E-state index is -4.09. The molecule has 3 aromatic carbocycles. The van der Waals surface area contributed by atoms with Crippen LogP contribution >= 0.6 is 11.6 Å². The molecule has 0 bridgehead atoms. The first-order valence-electron chi connectivity index (χ1n) is 9.21. The van der Waals surface area contributed by atoms with Crippen molar-refractivity contribution in [2.24, 2.45) is 5.14 Å². The number of rotatable bonds is 7. The number of anilines is 1. The van der Waals surface area contributed by atoms with Gasteiger partial charge in [0.2, 0.25) is 15.9 Å². The Bertz CT molecular complexity index is 1230. The van der Waals surface area contributed by atoms with Crippen LogP contribution in [0.25, 0.3) is 0 Å². The molecule has 6 nitrogen and oxygen atoms in total. The number of nitrogens with one attached hydrogen (secondary N) is 1. The van der Waals surface area contributed by atoms with Crippen molar-refractivity contribution >= 4 is 33.2 Å². The number of benzene rings is 3. The van der Waals surface area contributed by atoms with Crippen molar-refractivity contribution in [3.05, 3.63) is 88.2 Å². The first kappa shape index (κ1) is 22.7. The molecule has 3 aromatic rings. The number of amides is 1. The number of nitrogens with two attached hydrogens (primary N) is 1. The molecule has 0 spiro atoms. The second-order valence-corrected chi connectivity index (χ2v) is 8.82. The lowest BCUT2D eigenvalue weighted by Gasteiger charge is -2.13. The van der Waals surface area contributed by atoms with Gasteiger partial charge < -0.3 is 10.1 Å². The molecule has 0 fully saturated rings. The van der Waals surface area contributed by atoms with Crippen molar-refractivity contribution in [2.75, 3.05) is 5.32 Å². The number of halogens is 2. The molecule has 0 radical (unpaired) electrons. The third kappa shape index (κ3) is 6.04. The van der Waals surface area contributed by atoms with Crippen LogP contribution in [0.2, 0.25) is 5.02 Å². The summed E-state index contributed by atoms with van der Waals surface area (Å²) in [4.78, 5) is 12.2. The first-order valence-corrected chi connectivity index (χ1v) is 11.1. The molecular weight excluding hydrogens is 443 g/mol. The van der Waals surface area contributed by atoms with E-state index in [0.717, 1.165) is 0 Å². The first-order chi connectivity index (χ1) is 14.6. The van der Waals surface area contributed by atoms with E-state index >= 15 is 0 Å². The Morgan fingerprint density at radius 2 is 1.84 bits per heavy atom. The number of hydrogen-bond donors (Lipinski definition) is 2. The maximum Gasteiger partial charge on any atom is 0.238 e. The van der Waals surface area contributed by atoms with Crippen LogP contribution in [0, 0.1) is 12.7 Å². The molecule has 31 heavy (non-hydrogen) atoms. The number of primary sulfonamides is 1. The molecule has 0 aliphatic carbocycles. The maximum atomic E-state index is 13.4. The highest BCUT2D eigenvalue weighted by Gasteiger charge is 2.17. The molecule has 0 atom stereocenters. The van der Waals surface area contributed by atoms with E-state index in [1.54, 1.807) is 37.3 Å². The third-order valence-electron chi connectivity index (χ3n) is 4.49. The number of hydrogen-bond acceptors (Lipinski definition) is 4. The molecule has 0 unspecified atom stereocenters. The highest BCUT2D eigenvalue weighted by molar-refractivity contribution is 7.89. The fourth-order valence-corrected chi connectivity index (χ4v) is 3.89. The quantitative estimate of drug-likeness (QED) is 0.549. The SMILES string of the molecule is Cc1cc(OCc2ccc(NC(=O)Cc3ccccc3Cl)cc2S(N)(=O)=O)ccc1F. The molecule has 9 heteroatoms. The Morgan fingerprint density at radius 3 is 2.52 bits per heavy atom. The Hall–Kier alpha value is -2.94. The number of ether oxygens (including phenoxy) is 1. The standard InChI is InChI=1S/C22H20ClFN2O4S/c1-14-10-18(8-9-20(14)24)30-13-16-6-7-17(12-21(16)31(25,28)29)26-22(27)11-15-4-2-3-5-19(15)23/h2-10,12H,11,13H2,1H3,(H,26,27)(H2,25,28,29). The Morgan fingerprint density at radius 1 is 1.10 bits per heavy atom. The number of aryl methyl sites for hydroxylation is 1. The summed E-state index contributed by atoms with van der Waals surface area (Å²) in [5, 5.41) is 8.46. The van der Waals surface area contributed by atoms with E-state index in [-0.39, 0.29) is 35.3 Å². The fourth-order valence-electron chi connectivity index (χ4n) is 2.90. The average Bonchev–Trinajstić information content (AvgIpc) is 2.70. The van der Waals surface area contributed by atoms with Crippen molar-refractivity contribution in [1.82, 2.24) is 0 Å². The van der Waals surface area contributed by atoms with E-state index in [1.165, 1.54) is 30.3 Å². The topological polar surface area (TPSA) is 98.5 Å². The van der Waals surface area contributed by atoms with Gasteiger partial charge in [0.15, 0.2) is 0 Å². The van der Waals surface area contributed by atoms with Crippen molar-refractivity contribution in [1.29, 1.82) is 0 Å². The summed E-state index contributed by atoms with van der Waals surface area (Å²) < 4.78 is 43.1. The highest BCUT2D eigenvalue weighted by Crippen LogP contribution is 2.24. The van der Waals surface area contributed by atoms with Gasteiger partial charge >= 0.3 is 0 Å². The maximum absolute atomic E-state index is 13.4. The van der Waals surface area contributed by atoms with Gasteiger partial charge in [-0.2, -0.15) is 0 Å². The molecular formula is C22H20ClFN2O4S. The monoisotopic (exact) mass is 462 g/mol. The van der Waals surface area contributed by atoms with Crippen molar-refractivity contribution in [3.8, 4) is 5.75 Å². The summed E-state index contributed by atoms with van der Waals surface area (Å²) in [5.41, 5.74) is 1.62. The molecule has 0 saturated heterocycles. The summed E-state index contributed by atoms with van der Waals surface area (Å²) in [7, 11) is -4.09. The van der Waals surface area contributed by atoms with Gasteiger partial charge in [0, 0.05) is 16.3 Å². The predicted octanol–water partition coefficient (Wildman–Crippen LogP) is 4.20. The van der Waals surface area contributed by atoms with Crippen LogP contribution in [-0.4, -0.2) is 14.3 Å². The summed E-state index contributed by atoms with van der Waals surface area (Å²) in [6, 6.07) is 15.5. The number of carbonyl (C=O) groups excluding carboxylic acids is 1. The third-order valence-corrected chi connectivity index (χ3v) is 5.85. The normalized spacial score (nSPS) is 11.2. The van der Waals surface area contributed by atoms with Gasteiger partial charge in [-0.1, -0.05) is 35.9 Å². The van der Waals surface area contributed by atoms with Crippen LogP contribution in [0.5, 0.6) is 5.75 Å². The van der Waals surface area contributed by atoms with Gasteiger partial charge in [-0.25, -0.2) is 17.9 Å². The summed E-state index contributed by atoms with van der Waals surface area (Å²) >= 11 is 6.07. The molecule has 3 rings (SSSR count). The zero-order chi connectivity index (χ0) is 22.6. The minimum Gasteiger partial charge on any atom is -0.489 e.